The molecule has 0 aliphatic heterocycles. The van der Waals surface area contributed by atoms with E-state index in [1.54, 1.807) is 0 Å². The van der Waals surface area contributed by atoms with Crippen LogP contribution in [-0.2, 0) is 23.9 Å². The van der Waals surface area contributed by atoms with E-state index in [2.05, 4.69) is 19.2 Å². The van der Waals surface area contributed by atoms with Crippen LogP contribution < -0.4 is 5.32 Å². The van der Waals surface area contributed by atoms with E-state index < -0.39 is 17.9 Å². The number of amides is 1. The number of fused-ring (bicyclic) bond motifs is 5. The molecule has 0 aromatic heterocycles. The van der Waals surface area contributed by atoms with Crippen molar-refractivity contribution in [2.75, 3.05) is 0 Å². The van der Waals surface area contributed by atoms with Crippen molar-refractivity contribution in [3.05, 3.63) is 11.6 Å². The SMILES string of the molecule is C[C@H](NC(=O)CCC(=O)O[C@@H]1CC[C@H]2[C@H]3CCC4=CC(=O)CC[C@]4(C)[C@@H]3CC[C@]12C)C(=O)O. The summed E-state index contributed by atoms with van der Waals surface area (Å²) in [7, 11) is 0. The fourth-order valence-electron chi connectivity index (χ4n) is 7.51. The van der Waals surface area contributed by atoms with Gasteiger partial charge in [0.15, 0.2) is 5.78 Å². The van der Waals surface area contributed by atoms with Crippen LogP contribution in [0.1, 0.15) is 85.0 Å². The Morgan fingerprint density at radius 1 is 1.09 bits per heavy atom. The van der Waals surface area contributed by atoms with E-state index >= 15 is 0 Å². The van der Waals surface area contributed by atoms with E-state index in [4.69, 9.17) is 9.84 Å². The van der Waals surface area contributed by atoms with Gasteiger partial charge in [0.25, 0.3) is 0 Å². The first kappa shape index (κ1) is 24.0. The number of hydrogen-bond acceptors (Lipinski definition) is 5. The molecular weight excluding hydrogens is 422 g/mol. The number of ketones is 1. The lowest BCUT2D eigenvalue weighted by atomic mass is 9.47. The molecule has 0 radical (unpaired) electrons. The fraction of sp³-hybridized carbons (Fsp3) is 0.769. The molecule has 2 N–H and O–H groups in total. The average Bonchev–Trinajstić information content (AvgIpc) is 3.09. The highest BCUT2D eigenvalue weighted by Gasteiger charge is 2.59. The van der Waals surface area contributed by atoms with Gasteiger partial charge in [-0.3, -0.25) is 19.2 Å². The number of carbonyl (C=O) groups is 4. The number of esters is 1. The Morgan fingerprint density at radius 3 is 2.58 bits per heavy atom. The number of carbonyl (C=O) groups excluding carboxylic acids is 3. The van der Waals surface area contributed by atoms with Crippen LogP contribution in [0.25, 0.3) is 0 Å². The molecule has 0 heterocycles. The molecule has 4 rings (SSSR count). The first-order chi connectivity index (χ1) is 15.5. The summed E-state index contributed by atoms with van der Waals surface area (Å²) >= 11 is 0. The quantitative estimate of drug-likeness (QED) is 0.585. The lowest BCUT2D eigenvalue weighted by Gasteiger charge is -2.57. The zero-order valence-corrected chi connectivity index (χ0v) is 20.0. The highest BCUT2D eigenvalue weighted by Crippen LogP contribution is 2.65. The Balaban J connectivity index is 1.37. The van der Waals surface area contributed by atoms with Gasteiger partial charge in [-0.1, -0.05) is 19.4 Å². The molecule has 7 heteroatoms. The number of hydrogen-bond donors (Lipinski definition) is 2. The van der Waals surface area contributed by atoms with Crippen molar-refractivity contribution in [1.29, 1.82) is 0 Å². The molecule has 0 bridgehead atoms. The molecule has 0 aromatic carbocycles. The number of rotatable bonds is 6. The highest BCUT2D eigenvalue weighted by atomic mass is 16.5. The zero-order valence-electron chi connectivity index (χ0n) is 20.0. The second-order valence-electron chi connectivity index (χ2n) is 11.2. The van der Waals surface area contributed by atoms with E-state index in [0.29, 0.717) is 24.2 Å². The summed E-state index contributed by atoms with van der Waals surface area (Å²) in [5.41, 5.74) is 1.45. The third kappa shape index (κ3) is 4.35. The third-order valence-electron chi connectivity index (χ3n) is 9.45. The van der Waals surface area contributed by atoms with E-state index in [0.717, 1.165) is 44.9 Å². The normalized spacial score (nSPS) is 38.3. The minimum atomic E-state index is -1.11. The van der Waals surface area contributed by atoms with E-state index in [-0.39, 0.29) is 41.5 Å². The van der Waals surface area contributed by atoms with Gasteiger partial charge in [0.1, 0.15) is 12.1 Å². The molecule has 0 saturated heterocycles. The lowest BCUT2D eigenvalue weighted by molar-refractivity contribution is -0.160. The van der Waals surface area contributed by atoms with Gasteiger partial charge in [0, 0.05) is 18.3 Å². The number of allylic oxidation sites excluding steroid dienone is 1. The molecule has 7 atom stereocenters. The predicted octanol–water partition coefficient (Wildman–Crippen LogP) is 3.80. The molecule has 4 aliphatic rings. The molecule has 3 saturated carbocycles. The van der Waals surface area contributed by atoms with Gasteiger partial charge in [-0.2, -0.15) is 0 Å². The maximum Gasteiger partial charge on any atom is 0.325 e. The van der Waals surface area contributed by atoms with Crippen molar-refractivity contribution < 1.29 is 29.0 Å². The summed E-state index contributed by atoms with van der Waals surface area (Å²) in [4.78, 5) is 47.3. The average molecular weight is 460 g/mol. The van der Waals surface area contributed by atoms with E-state index in [1.165, 1.54) is 12.5 Å². The smallest absolute Gasteiger partial charge is 0.325 e. The van der Waals surface area contributed by atoms with Crippen LogP contribution >= 0.6 is 0 Å². The first-order valence-electron chi connectivity index (χ1n) is 12.5. The second kappa shape index (κ2) is 8.88. The topological polar surface area (TPSA) is 110 Å². The molecule has 0 unspecified atom stereocenters. The molecule has 1 amide bonds. The van der Waals surface area contributed by atoms with Crippen LogP contribution in [0.5, 0.6) is 0 Å². The maximum atomic E-state index is 12.5. The van der Waals surface area contributed by atoms with Crippen LogP contribution in [0.3, 0.4) is 0 Å². The number of carboxylic acid groups (broad SMARTS) is 1. The summed E-state index contributed by atoms with van der Waals surface area (Å²) < 4.78 is 5.92. The third-order valence-corrected chi connectivity index (χ3v) is 9.45. The lowest BCUT2D eigenvalue weighted by Crippen LogP contribution is -2.51. The van der Waals surface area contributed by atoms with Crippen LogP contribution in [0.2, 0.25) is 0 Å². The van der Waals surface area contributed by atoms with Crippen molar-refractivity contribution in [3.63, 3.8) is 0 Å². The Bertz CT molecular complexity index is 880. The summed E-state index contributed by atoms with van der Waals surface area (Å²) in [6, 6.07) is -0.979. The van der Waals surface area contributed by atoms with Crippen LogP contribution in [0.4, 0.5) is 0 Å². The molecule has 182 valence electrons. The van der Waals surface area contributed by atoms with Crippen molar-refractivity contribution in [2.24, 2.45) is 28.6 Å². The molecule has 4 aliphatic carbocycles. The summed E-state index contributed by atoms with van der Waals surface area (Å²) in [5, 5.41) is 11.3. The Morgan fingerprint density at radius 2 is 1.85 bits per heavy atom. The van der Waals surface area contributed by atoms with E-state index in [9.17, 15) is 19.2 Å². The summed E-state index contributed by atoms with van der Waals surface area (Å²) in [5.74, 6) is 0.0526. The first-order valence-corrected chi connectivity index (χ1v) is 12.5. The van der Waals surface area contributed by atoms with Crippen molar-refractivity contribution >= 4 is 23.6 Å². The van der Waals surface area contributed by atoms with Gasteiger partial charge in [-0.25, -0.2) is 0 Å². The number of carboxylic acids is 1. The standard InChI is InChI=1S/C26H37NO6/c1-15(24(31)32)27-22(29)8-9-23(30)33-21-7-6-19-18-5-4-16-14-17(28)10-12-25(16,2)20(18)11-13-26(19,21)3/h14-15,18-21H,4-13H2,1-3H3,(H,27,29)(H,31,32)/t15-,18+,19-,20+,21+,25-,26-/m0/s1. The maximum absolute atomic E-state index is 12.5. The Kier molecular flexibility index (Phi) is 6.45. The molecular formula is C26H37NO6. The van der Waals surface area contributed by atoms with Gasteiger partial charge in [-0.15, -0.1) is 0 Å². The predicted molar refractivity (Wildman–Crippen MR) is 121 cm³/mol. The Hall–Kier alpha value is -2.18. The Labute approximate surface area is 195 Å². The van der Waals surface area contributed by atoms with E-state index in [1.807, 2.05) is 6.08 Å². The summed E-state index contributed by atoms with van der Waals surface area (Å²) in [6.07, 6.45) is 9.46. The number of aliphatic carboxylic acids is 1. The largest absolute Gasteiger partial charge is 0.480 e. The fourth-order valence-corrected chi connectivity index (χ4v) is 7.51. The van der Waals surface area contributed by atoms with Gasteiger partial charge in [-0.05, 0) is 81.1 Å². The van der Waals surface area contributed by atoms with Gasteiger partial charge >= 0.3 is 11.9 Å². The monoisotopic (exact) mass is 459 g/mol. The molecule has 33 heavy (non-hydrogen) atoms. The molecule has 0 spiro atoms. The second-order valence-corrected chi connectivity index (χ2v) is 11.2. The summed E-state index contributed by atoms with van der Waals surface area (Å²) in [6.45, 7) is 6.04. The van der Waals surface area contributed by atoms with Gasteiger partial charge in [0.2, 0.25) is 5.91 Å². The number of nitrogens with one attached hydrogen (secondary N) is 1. The van der Waals surface area contributed by atoms with Crippen LogP contribution in [0.15, 0.2) is 11.6 Å². The van der Waals surface area contributed by atoms with Crippen LogP contribution in [0, 0.1) is 28.6 Å². The number of ether oxygens (including phenoxy) is 1. The zero-order chi connectivity index (χ0) is 24.0. The molecule has 0 aromatic rings. The van der Waals surface area contributed by atoms with Crippen molar-refractivity contribution in [3.8, 4) is 0 Å². The minimum Gasteiger partial charge on any atom is -0.480 e. The van der Waals surface area contributed by atoms with Gasteiger partial charge in [0.05, 0.1) is 6.42 Å². The van der Waals surface area contributed by atoms with Crippen LogP contribution in [-0.4, -0.2) is 40.9 Å². The van der Waals surface area contributed by atoms with Crippen molar-refractivity contribution in [2.45, 2.75) is 97.1 Å². The minimum absolute atomic E-state index is 0.0400. The molecule has 7 nitrogen and oxygen atoms in total. The van der Waals surface area contributed by atoms with Gasteiger partial charge < -0.3 is 15.2 Å². The van der Waals surface area contributed by atoms with Crippen molar-refractivity contribution in [1.82, 2.24) is 5.32 Å². The highest BCUT2D eigenvalue weighted by molar-refractivity contribution is 5.91. The molecule has 3 fully saturated rings.